The number of carbonyl (C=O) groups is 3. The van der Waals surface area contributed by atoms with Gasteiger partial charge in [-0.25, -0.2) is 9.78 Å². The summed E-state index contributed by atoms with van der Waals surface area (Å²) in [6.45, 7) is 7.02. The molecule has 2 aliphatic rings. The molecular weight excluding hydrogens is 394 g/mol. The van der Waals surface area contributed by atoms with E-state index in [2.05, 4.69) is 20.9 Å². The fourth-order valence-electron chi connectivity index (χ4n) is 4.30. The number of hydrogen-bond acceptors (Lipinski definition) is 5. The highest BCUT2D eigenvalue weighted by Gasteiger charge is 2.50. The van der Waals surface area contributed by atoms with Gasteiger partial charge in [-0.1, -0.05) is 32.0 Å². The zero-order valence-electron chi connectivity index (χ0n) is 17.9. The lowest BCUT2D eigenvalue weighted by Gasteiger charge is -2.30. The summed E-state index contributed by atoms with van der Waals surface area (Å²) < 4.78 is 0. The summed E-state index contributed by atoms with van der Waals surface area (Å²) >= 11 is 0. The van der Waals surface area contributed by atoms with E-state index in [1.807, 2.05) is 44.0 Å². The molecule has 2 unspecified atom stereocenters. The number of hydrogen-bond donors (Lipinski definition) is 3. The molecule has 1 aromatic heterocycles. The molecule has 3 N–H and O–H groups in total. The van der Waals surface area contributed by atoms with Crippen molar-refractivity contribution < 1.29 is 14.4 Å². The highest BCUT2D eigenvalue weighted by atomic mass is 16.2. The van der Waals surface area contributed by atoms with E-state index in [9.17, 15) is 14.4 Å². The lowest BCUT2D eigenvalue weighted by atomic mass is 9.79. The number of carbonyl (C=O) groups excluding carboxylic acids is 3. The Balaban J connectivity index is 1.44. The number of nitrogens with zero attached hydrogens (tertiary/aromatic N) is 2. The van der Waals surface area contributed by atoms with E-state index in [0.717, 1.165) is 17.8 Å². The molecule has 2 aromatic rings. The molecule has 0 bridgehead atoms. The smallest absolute Gasteiger partial charge is 0.322 e. The zero-order valence-corrected chi connectivity index (χ0v) is 17.9. The zero-order chi connectivity index (χ0) is 22.2. The van der Waals surface area contributed by atoms with E-state index >= 15 is 0 Å². The average molecular weight is 422 g/mol. The van der Waals surface area contributed by atoms with Crippen molar-refractivity contribution in [2.75, 3.05) is 18.4 Å². The van der Waals surface area contributed by atoms with E-state index in [1.165, 1.54) is 0 Å². The standard InChI is InChI=1S/C23H27N5O3/c1-14(2)23(21(30)26-22(31)27-23)17-7-5-16(6-8-17)20(29)28-11-10-18(13-28)25-19-9-4-15(3)12-24-19/h4-9,12,14,18H,10-11,13H2,1-3H3,(H,24,25)(H2,26,27,30,31). The number of anilines is 1. The second-order valence-corrected chi connectivity index (χ2v) is 8.55. The van der Waals surface area contributed by atoms with Gasteiger partial charge in [0.2, 0.25) is 0 Å². The lowest BCUT2D eigenvalue weighted by molar-refractivity contribution is -0.125. The normalized spacial score (nSPS) is 23.1. The van der Waals surface area contributed by atoms with Gasteiger partial charge in [0.1, 0.15) is 11.4 Å². The second-order valence-electron chi connectivity index (χ2n) is 8.55. The van der Waals surface area contributed by atoms with Crippen molar-refractivity contribution >= 4 is 23.7 Å². The van der Waals surface area contributed by atoms with Crippen LogP contribution < -0.4 is 16.0 Å². The quantitative estimate of drug-likeness (QED) is 0.644. The molecule has 0 radical (unpaired) electrons. The van der Waals surface area contributed by atoms with Crippen LogP contribution in [0.25, 0.3) is 0 Å². The molecule has 3 heterocycles. The molecule has 2 fully saturated rings. The van der Waals surface area contributed by atoms with E-state index in [0.29, 0.717) is 24.2 Å². The summed E-state index contributed by atoms with van der Waals surface area (Å²) in [7, 11) is 0. The largest absolute Gasteiger partial charge is 0.365 e. The molecule has 162 valence electrons. The van der Waals surface area contributed by atoms with Crippen molar-refractivity contribution in [3.63, 3.8) is 0 Å². The molecule has 8 heteroatoms. The number of amides is 4. The van der Waals surface area contributed by atoms with E-state index in [-0.39, 0.29) is 23.8 Å². The maximum atomic E-state index is 13.0. The second kappa shape index (κ2) is 8.02. The molecule has 0 spiro atoms. The number of likely N-dealkylation sites (tertiary alicyclic amines) is 1. The number of aromatic nitrogens is 1. The average Bonchev–Trinajstić information content (AvgIpc) is 3.33. The van der Waals surface area contributed by atoms with Crippen LogP contribution in [0.4, 0.5) is 10.6 Å². The third kappa shape index (κ3) is 3.85. The molecular formula is C23H27N5O3. The summed E-state index contributed by atoms with van der Waals surface area (Å²) in [5.41, 5.74) is 1.20. The molecule has 31 heavy (non-hydrogen) atoms. The van der Waals surface area contributed by atoms with Crippen LogP contribution in [0.1, 0.15) is 41.8 Å². The van der Waals surface area contributed by atoms with E-state index < -0.39 is 11.6 Å². The first-order valence-electron chi connectivity index (χ1n) is 10.5. The summed E-state index contributed by atoms with van der Waals surface area (Å²) in [6, 6.07) is 10.6. The minimum Gasteiger partial charge on any atom is -0.365 e. The third-order valence-corrected chi connectivity index (χ3v) is 6.09. The lowest BCUT2D eigenvalue weighted by Crippen LogP contribution is -2.48. The van der Waals surface area contributed by atoms with Gasteiger partial charge in [0.15, 0.2) is 0 Å². The van der Waals surface area contributed by atoms with Crippen molar-refractivity contribution in [3.8, 4) is 0 Å². The highest BCUT2D eigenvalue weighted by molar-refractivity contribution is 6.07. The van der Waals surface area contributed by atoms with Crippen LogP contribution in [0.2, 0.25) is 0 Å². The topological polar surface area (TPSA) is 103 Å². The Kier molecular flexibility index (Phi) is 5.39. The van der Waals surface area contributed by atoms with Crippen molar-refractivity contribution in [2.45, 2.75) is 38.8 Å². The SMILES string of the molecule is Cc1ccc(NC2CCN(C(=O)c3ccc(C4(C(C)C)NC(=O)NC4=O)cc3)C2)nc1. The van der Waals surface area contributed by atoms with Crippen LogP contribution in [0.15, 0.2) is 42.6 Å². The van der Waals surface area contributed by atoms with Crippen LogP contribution in [0, 0.1) is 12.8 Å². The summed E-state index contributed by atoms with van der Waals surface area (Å²) in [5, 5.41) is 8.47. The molecule has 0 aliphatic carbocycles. The van der Waals surface area contributed by atoms with E-state index in [4.69, 9.17) is 0 Å². The van der Waals surface area contributed by atoms with Crippen molar-refractivity contribution in [2.24, 2.45) is 5.92 Å². The fraction of sp³-hybridized carbons (Fsp3) is 0.391. The Morgan fingerprint density at radius 2 is 1.94 bits per heavy atom. The first-order chi connectivity index (χ1) is 14.8. The van der Waals surface area contributed by atoms with Gasteiger partial charge in [0.05, 0.1) is 0 Å². The van der Waals surface area contributed by atoms with Crippen LogP contribution in [-0.4, -0.2) is 46.9 Å². The minimum absolute atomic E-state index is 0.0498. The molecule has 0 saturated carbocycles. The van der Waals surface area contributed by atoms with E-state index in [1.54, 1.807) is 24.3 Å². The Morgan fingerprint density at radius 3 is 2.52 bits per heavy atom. The number of nitrogens with one attached hydrogen (secondary N) is 3. The summed E-state index contributed by atoms with van der Waals surface area (Å²) in [4.78, 5) is 43.4. The number of imide groups is 1. The molecule has 4 amide bonds. The van der Waals surface area contributed by atoms with Crippen LogP contribution >= 0.6 is 0 Å². The fourth-order valence-corrected chi connectivity index (χ4v) is 4.30. The molecule has 2 atom stereocenters. The van der Waals surface area contributed by atoms with Gasteiger partial charge in [-0.3, -0.25) is 14.9 Å². The first-order valence-corrected chi connectivity index (χ1v) is 10.5. The van der Waals surface area contributed by atoms with Gasteiger partial charge in [0.25, 0.3) is 11.8 Å². The Hall–Kier alpha value is -3.42. The van der Waals surface area contributed by atoms with Gasteiger partial charge < -0.3 is 15.5 Å². The first kappa shape index (κ1) is 20.8. The van der Waals surface area contributed by atoms with Gasteiger partial charge >= 0.3 is 6.03 Å². The number of urea groups is 1. The predicted molar refractivity (Wildman–Crippen MR) is 117 cm³/mol. The molecule has 2 saturated heterocycles. The summed E-state index contributed by atoms with van der Waals surface area (Å²) in [6.07, 6.45) is 2.67. The number of rotatable bonds is 5. The van der Waals surface area contributed by atoms with Gasteiger partial charge in [0, 0.05) is 30.9 Å². The molecule has 2 aliphatic heterocycles. The Morgan fingerprint density at radius 1 is 1.19 bits per heavy atom. The Bertz CT molecular complexity index is 1000. The molecule has 1 aromatic carbocycles. The monoisotopic (exact) mass is 421 g/mol. The van der Waals surface area contributed by atoms with Crippen LogP contribution in [-0.2, 0) is 10.3 Å². The molecule has 4 rings (SSSR count). The number of benzene rings is 1. The van der Waals surface area contributed by atoms with Gasteiger partial charge in [-0.15, -0.1) is 0 Å². The third-order valence-electron chi connectivity index (χ3n) is 6.09. The maximum Gasteiger partial charge on any atom is 0.322 e. The van der Waals surface area contributed by atoms with Crippen LogP contribution in [0.3, 0.4) is 0 Å². The predicted octanol–water partition coefficient (Wildman–Crippen LogP) is 2.41. The van der Waals surface area contributed by atoms with Crippen molar-refractivity contribution in [1.82, 2.24) is 20.5 Å². The Labute approximate surface area is 181 Å². The van der Waals surface area contributed by atoms with Crippen molar-refractivity contribution in [3.05, 3.63) is 59.3 Å². The van der Waals surface area contributed by atoms with Crippen molar-refractivity contribution in [1.29, 1.82) is 0 Å². The van der Waals surface area contributed by atoms with Gasteiger partial charge in [-0.2, -0.15) is 0 Å². The number of pyridine rings is 1. The summed E-state index contributed by atoms with van der Waals surface area (Å²) in [5.74, 6) is 0.238. The molecule has 8 nitrogen and oxygen atoms in total. The minimum atomic E-state index is -1.12. The maximum absolute atomic E-state index is 13.0. The van der Waals surface area contributed by atoms with Gasteiger partial charge in [-0.05, 0) is 48.6 Å². The van der Waals surface area contributed by atoms with Crippen LogP contribution in [0.5, 0.6) is 0 Å². The number of aryl methyl sites for hydroxylation is 1. The highest BCUT2D eigenvalue weighted by Crippen LogP contribution is 2.33.